The lowest BCUT2D eigenvalue weighted by molar-refractivity contribution is 0.0807. The number of hydrogen-bond donors (Lipinski definition) is 0. The highest BCUT2D eigenvalue weighted by molar-refractivity contribution is 5.35. The highest BCUT2D eigenvalue weighted by Gasteiger charge is 2.17. The van der Waals surface area contributed by atoms with Gasteiger partial charge < -0.3 is 14.0 Å². The van der Waals surface area contributed by atoms with E-state index < -0.39 is 0 Å². The van der Waals surface area contributed by atoms with Crippen molar-refractivity contribution in [3.63, 3.8) is 0 Å². The maximum absolute atomic E-state index is 5.36. The maximum atomic E-state index is 5.36. The molecule has 0 saturated carbocycles. The first-order valence-electron chi connectivity index (χ1n) is 5.99. The number of benzene rings is 1. The second-order valence-corrected chi connectivity index (χ2v) is 4.23. The van der Waals surface area contributed by atoms with Crippen LogP contribution < -0.4 is 4.74 Å². The van der Waals surface area contributed by atoms with Crippen molar-refractivity contribution in [3.8, 4) is 5.75 Å². The van der Waals surface area contributed by atoms with Gasteiger partial charge in [0.1, 0.15) is 18.2 Å². The summed E-state index contributed by atoms with van der Waals surface area (Å²) in [5, 5.41) is 8.40. The number of para-hydroxylation sites is 1. The lowest BCUT2D eigenvalue weighted by atomic mass is 10.1. The molecule has 0 spiro atoms. The van der Waals surface area contributed by atoms with Crippen LogP contribution in [0.1, 0.15) is 17.2 Å². The monoisotopic (exact) mass is 245 g/mol. The van der Waals surface area contributed by atoms with Crippen molar-refractivity contribution in [2.75, 3.05) is 13.7 Å². The lowest BCUT2D eigenvalue weighted by Crippen LogP contribution is -2.18. The average molecular weight is 245 g/mol. The van der Waals surface area contributed by atoms with Gasteiger partial charge in [0.25, 0.3) is 0 Å². The van der Waals surface area contributed by atoms with Gasteiger partial charge in [0.15, 0.2) is 5.82 Å². The summed E-state index contributed by atoms with van der Waals surface area (Å²) in [5.74, 6) is 2.77. The predicted octanol–water partition coefficient (Wildman–Crippen LogP) is 1.41. The van der Waals surface area contributed by atoms with Crippen LogP contribution in [0.2, 0.25) is 0 Å². The number of fused-ring (bicyclic) bond motifs is 1. The smallest absolute Gasteiger partial charge is 0.159 e. The molecule has 0 aliphatic carbocycles. The largest absolute Gasteiger partial charge is 0.496 e. The fourth-order valence-electron chi connectivity index (χ4n) is 2.21. The molecule has 0 atom stereocenters. The molecule has 0 unspecified atom stereocenters. The summed E-state index contributed by atoms with van der Waals surface area (Å²) in [7, 11) is 1.69. The number of hydrogen-bond acceptors (Lipinski definition) is 4. The molecule has 2 aromatic rings. The lowest BCUT2D eigenvalue weighted by Gasteiger charge is -2.15. The molecule has 94 valence electrons. The fraction of sp³-hybridized carbons (Fsp3) is 0.385. The SMILES string of the molecule is COc1ccccc1Cc1nnc2n1CCOC2. The van der Waals surface area contributed by atoms with Gasteiger partial charge in [-0.05, 0) is 6.07 Å². The topological polar surface area (TPSA) is 49.2 Å². The summed E-state index contributed by atoms with van der Waals surface area (Å²) in [6.07, 6.45) is 0.733. The number of methoxy groups -OCH3 is 1. The van der Waals surface area contributed by atoms with E-state index in [0.717, 1.165) is 42.5 Å². The second kappa shape index (κ2) is 4.78. The Balaban J connectivity index is 1.90. The molecular weight excluding hydrogens is 230 g/mol. The van der Waals surface area contributed by atoms with E-state index in [-0.39, 0.29) is 0 Å². The van der Waals surface area contributed by atoms with Crippen LogP contribution in [0.3, 0.4) is 0 Å². The predicted molar refractivity (Wildman–Crippen MR) is 65.5 cm³/mol. The minimum atomic E-state index is 0.554. The van der Waals surface area contributed by atoms with Crippen LogP contribution >= 0.6 is 0 Å². The van der Waals surface area contributed by atoms with Crippen molar-refractivity contribution in [1.82, 2.24) is 14.8 Å². The van der Waals surface area contributed by atoms with Gasteiger partial charge >= 0.3 is 0 Å². The number of rotatable bonds is 3. The van der Waals surface area contributed by atoms with Gasteiger partial charge in [-0.25, -0.2) is 0 Å². The Kier molecular flexibility index (Phi) is 2.98. The summed E-state index contributed by atoms with van der Waals surface area (Å²) < 4.78 is 12.8. The Hall–Kier alpha value is -1.88. The Morgan fingerprint density at radius 1 is 1.33 bits per heavy atom. The molecular formula is C13H15N3O2. The van der Waals surface area contributed by atoms with E-state index in [0.29, 0.717) is 6.61 Å². The summed E-state index contributed by atoms with van der Waals surface area (Å²) in [5.41, 5.74) is 1.13. The third kappa shape index (κ3) is 1.97. The highest BCUT2D eigenvalue weighted by Crippen LogP contribution is 2.21. The van der Waals surface area contributed by atoms with Gasteiger partial charge in [0, 0.05) is 18.5 Å². The van der Waals surface area contributed by atoms with E-state index in [2.05, 4.69) is 20.8 Å². The van der Waals surface area contributed by atoms with E-state index in [4.69, 9.17) is 9.47 Å². The summed E-state index contributed by atoms with van der Waals surface area (Å²) in [6, 6.07) is 8.00. The van der Waals surface area contributed by atoms with Crippen LogP contribution in [0.5, 0.6) is 5.75 Å². The molecule has 0 amide bonds. The first-order valence-corrected chi connectivity index (χ1v) is 5.99. The van der Waals surface area contributed by atoms with Crippen LogP contribution in [-0.2, 0) is 24.3 Å². The Labute approximate surface area is 105 Å². The third-order valence-corrected chi connectivity index (χ3v) is 3.14. The van der Waals surface area contributed by atoms with Gasteiger partial charge in [-0.1, -0.05) is 18.2 Å². The van der Waals surface area contributed by atoms with Crippen molar-refractivity contribution in [3.05, 3.63) is 41.5 Å². The van der Waals surface area contributed by atoms with E-state index >= 15 is 0 Å². The molecule has 3 rings (SSSR count). The molecule has 1 aromatic carbocycles. The van der Waals surface area contributed by atoms with Gasteiger partial charge in [0.2, 0.25) is 0 Å². The molecule has 1 aromatic heterocycles. The summed E-state index contributed by atoms with van der Waals surface area (Å²) in [6.45, 7) is 2.11. The zero-order valence-corrected chi connectivity index (χ0v) is 10.3. The van der Waals surface area contributed by atoms with E-state index in [9.17, 15) is 0 Å². The molecule has 1 aliphatic heterocycles. The van der Waals surface area contributed by atoms with Crippen LogP contribution in [0.25, 0.3) is 0 Å². The quantitative estimate of drug-likeness (QED) is 0.820. The third-order valence-electron chi connectivity index (χ3n) is 3.14. The van der Waals surface area contributed by atoms with Crippen molar-refractivity contribution in [2.45, 2.75) is 19.6 Å². The maximum Gasteiger partial charge on any atom is 0.159 e. The zero-order valence-electron chi connectivity index (χ0n) is 10.3. The Morgan fingerprint density at radius 3 is 3.11 bits per heavy atom. The van der Waals surface area contributed by atoms with Gasteiger partial charge in [-0.2, -0.15) is 0 Å². The van der Waals surface area contributed by atoms with Crippen molar-refractivity contribution in [1.29, 1.82) is 0 Å². The first-order chi connectivity index (χ1) is 8.88. The molecule has 0 N–H and O–H groups in total. The van der Waals surface area contributed by atoms with Crippen molar-refractivity contribution in [2.24, 2.45) is 0 Å². The van der Waals surface area contributed by atoms with E-state index in [1.807, 2.05) is 18.2 Å². The van der Waals surface area contributed by atoms with Crippen LogP contribution in [0.15, 0.2) is 24.3 Å². The molecule has 18 heavy (non-hydrogen) atoms. The molecule has 0 saturated heterocycles. The minimum absolute atomic E-state index is 0.554. The molecule has 5 heteroatoms. The zero-order chi connectivity index (χ0) is 12.4. The minimum Gasteiger partial charge on any atom is -0.496 e. The normalized spacial score (nSPS) is 14.3. The van der Waals surface area contributed by atoms with Crippen LogP contribution in [0.4, 0.5) is 0 Å². The molecule has 5 nitrogen and oxygen atoms in total. The summed E-state index contributed by atoms with van der Waals surface area (Å²) >= 11 is 0. The van der Waals surface area contributed by atoms with Crippen molar-refractivity contribution >= 4 is 0 Å². The van der Waals surface area contributed by atoms with Crippen LogP contribution in [-0.4, -0.2) is 28.5 Å². The molecule has 0 bridgehead atoms. The number of nitrogens with zero attached hydrogens (tertiary/aromatic N) is 3. The second-order valence-electron chi connectivity index (χ2n) is 4.23. The van der Waals surface area contributed by atoms with Gasteiger partial charge in [-0.15, -0.1) is 10.2 Å². The molecule has 1 aliphatic rings. The highest BCUT2D eigenvalue weighted by atomic mass is 16.5. The van der Waals surface area contributed by atoms with Crippen molar-refractivity contribution < 1.29 is 9.47 Å². The Morgan fingerprint density at radius 2 is 2.22 bits per heavy atom. The fourth-order valence-corrected chi connectivity index (χ4v) is 2.21. The van der Waals surface area contributed by atoms with Crippen LogP contribution in [0, 0.1) is 0 Å². The summed E-state index contributed by atoms with van der Waals surface area (Å²) in [4.78, 5) is 0. The first kappa shape index (κ1) is 11.2. The van der Waals surface area contributed by atoms with Gasteiger partial charge in [0.05, 0.1) is 13.7 Å². The van der Waals surface area contributed by atoms with Gasteiger partial charge in [-0.3, -0.25) is 0 Å². The van der Waals surface area contributed by atoms with E-state index in [1.165, 1.54) is 0 Å². The Bertz CT molecular complexity index is 551. The number of aromatic nitrogens is 3. The average Bonchev–Trinajstić information content (AvgIpc) is 2.83. The number of ether oxygens (including phenoxy) is 2. The molecule has 0 fully saturated rings. The molecule has 2 heterocycles. The standard InChI is InChI=1S/C13H15N3O2/c1-17-11-5-3-2-4-10(11)8-12-14-15-13-9-18-7-6-16(12)13/h2-5H,6-9H2,1H3. The molecule has 0 radical (unpaired) electrons. The van der Waals surface area contributed by atoms with E-state index in [1.54, 1.807) is 7.11 Å².